The van der Waals surface area contributed by atoms with Crippen LogP contribution >= 0.6 is 23.4 Å². The summed E-state index contributed by atoms with van der Waals surface area (Å²) in [6, 6.07) is 32.7. The highest BCUT2D eigenvalue weighted by Crippen LogP contribution is 2.49. The Kier molecular flexibility index (Phi) is 6.62. The summed E-state index contributed by atoms with van der Waals surface area (Å²) in [6.07, 6.45) is 0.188. The Morgan fingerprint density at radius 2 is 1.45 bits per heavy atom. The number of anilines is 3. The highest BCUT2D eigenvalue weighted by molar-refractivity contribution is 7.99. The topological polar surface area (TPSA) is 65.0 Å². The Labute approximate surface area is 229 Å². The maximum atomic E-state index is 13.5. The molecule has 4 aromatic rings. The van der Waals surface area contributed by atoms with Gasteiger partial charge in [-0.3, -0.25) is 14.5 Å². The number of benzene rings is 4. The number of halogens is 1. The average Bonchev–Trinajstić information content (AvgIpc) is 3.39. The first-order valence-corrected chi connectivity index (χ1v) is 13.4. The van der Waals surface area contributed by atoms with Gasteiger partial charge in [0.1, 0.15) is 12.3 Å². The van der Waals surface area contributed by atoms with Crippen molar-refractivity contribution in [1.82, 2.24) is 5.01 Å². The molecule has 0 fully saturated rings. The molecule has 0 saturated carbocycles. The maximum Gasteiger partial charge on any atom is 0.252 e. The van der Waals surface area contributed by atoms with Gasteiger partial charge in [0.2, 0.25) is 5.91 Å². The second-order valence-electron chi connectivity index (χ2n) is 8.99. The van der Waals surface area contributed by atoms with E-state index in [1.165, 1.54) is 5.01 Å². The first-order chi connectivity index (χ1) is 18.6. The highest BCUT2D eigenvalue weighted by Gasteiger charge is 2.38. The van der Waals surface area contributed by atoms with E-state index in [4.69, 9.17) is 16.7 Å². The molecule has 6 nitrogen and oxygen atoms in total. The van der Waals surface area contributed by atoms with E-state index >= 15 is 0 Å². The fourth-order valence-corrected chi connectivity index (χ4v) is 5.92. The summed E-state index contributed by atoms with van der Waals surface area (Å²) in [5, 5.41) is 9.67. The standard InChI is InChI=1S/C30H23ClN4O2S/c31-21-14-16-22(17-15-21)32-29(36)19-30(37)35-25(20-8-2-1-3-9-20)18-28(33-35)34-23-10-4-6-12-26(23)38-27-13-7-5-11-24(27)34/h1-17,25H,18-19H2,(H,32,36). The lowest BCUT2D eigenvalue weighted by molar-refractivity contribution is -0.136. The molecule has 0 saturated heterocycles. The van der Waals surface area contributed by atoms with E-state index in [1.807, 2.05) is 54.6 Å². The van der Waals surface area contributed by atoms with Gasteiger partial charge < -0.3 is 5.32 Å². The van der Waals surface area contributed by atoms with Gasteiger partial charge in [0, 0.05) is 26.9 Å². The number of carbonyl (C=O) groups is 2. The van der Waals surface area contributed by atoms with Crippen LogP contribution in [0.2, 0.25) is 5.02 Å². The maximum absolute atomic E-state index is 13.5. The van der Waals surface area contributed by atoms with Crippen molar-refractivity contribution in [2.24, 2.45) is 5.10 Å². The van der Waals surface area contributed by atoms with Crippen LogP contribution in [0.4, 0.5) is 17.1 Å². The normalized spacial score (nSPS) is 15.9. The number of amides is 2. The van der Waals surface area contributed by atoms with Gasteiger partial charge in [-0.2, -0.15) is 5.10 Å². The van der Waals surface area contributed by atoms with Crippen molar-refractivity contribution in [2.75, 3.05) is 10.2 Å². The van der Waals surface area contributed by atoms with E-state index in [0.717, 1.165) is 32.6 Å². The number of hydrazone groups is 1. The zero-order chi connectivity index (χ0) is 26.1. The van der Waals surface area contributed by atoms with Crippen LogP contribution in [0.1, 0.15) is 24.4 Å². The summed E-state index contributed by atoms with van der Waals surface area (Å²) in [7, 11) is 0. The number of para-hydroxylation sites is 2. The highest BCUT2D eigenvalue weighted by atomic mass is 35.5. The summed E-state index contributed by atoms with van der Waals surface area (Å²) in [5.74, 6) is -0.0170. The van der Waals surface area contributed by atoms with Crippen LogP contribution in [0.15, 0.2) is 118 Å². The lowest BCUT2D eigenvalue weighted by Crippen LogP contribution is -2.30. The molecule has 0 bridgehead atoms. The Hall–Kier alpha value is -4.07. The molecule has 2 heterocycles. The minimum absolute atomic E-state index is 0.323. The molecule has 2 aliphatic heterocycles. The van der Waals surface area contributed by atoms with Crippen molar-refractivity contribution < 1.29 is 9.59 Å². The predicted octanol–water partition coefficient (Wildman–Crippen LogP) is 7.26. The fourth-order valence-electron chi connectivity index (χ4n) is 4.73. The van der Waals surface area contributed by atoms with Gasteiger partial charge in [-0.25, -0.2) is 5.01 Å². The van der Waals surface area contributed by atoms with Crippen LogP contribution in [0.3, 0.4) is 0 Å². The summed E-state index contributed by atoms with van der Waals surface area (Å²) < 4.78 is 0. The minimum atomic E-state index is -0.405. The molecule has 1 N–H and O–H groups in total. The number of nitrogens with one attached hydrogen (secondary N) is 1. The van der Waals surface area contributed by atoms with Crippen molar-refractivity contribution in [2.45, 2.75) is 28.7 Å². The van der Waals surface area contributed by atoms with E-state index in [9.17, 15) is 9.59 Å². The Morgan fingerprint density at radius 1 is 0.842 bits per heavy atom. The molecular formula is C30H23ClN4O2S. The molecule has 0 radical (unpaired) electrons. The van der Waals surface area contributed by atoms with Crippen molar-refractivity contribution in [1.29, 1.82) is 0 Å². The molecule has 0 spiro atoms. The van der Waals surface area contributed by atoms with E-state index in [2.05, 4.69) is 34.5 Å². The largest absolute Gasteiger partial charge is 0.326 e. The lowest BCUT2D eigenvalue weighted by atomic mass is 10.0. The summed E-state index contributed by atoms with van der Waals surface area (Å²) >= 11 is 7.66. The van der Waals surface area contributed by atoms with E-state index in [-0.39, 0.29) is 18.4 Å². The summed E-state index contributed by atoms with van der Waals surface area (Å²) in [5.41, 5.74) is 3.59. The fraction of sp³-hybridized carbons (Fsp3) is 0.100. The van der Waals surface area contributed by atoms with Crippen LogP contribution in [-0.4, -0.2) is 22.7 Å². The van der Waals surface area contributed by atoms with Gasteiger partial charge in [-0.15, -0.1) is 0 Å². The van der Waals surface area contributed by atoms with Gasteiger partial charge in [-0.05, 0) is 54.1 Å². The number of rotatable bonds is 4. The second-order valence-corrected chi connectivity index (χ2v) is 10.5. The van der Waals surface area contributed by atoms with Gasteiger partial charge in [0.15, 0.2) is 0 Å². The van der Waals surface area contributed by atoms with Crippen molar-refractivity contribution >= 4 is 58.1 Å². The molecule has 6 rings (SSSR count). The molecule has 0 aliphatic carbocycles. The predicted molar refractivity (Wildman–Crippen MR) is 152 cm³/mol. The van der Waals surface area contributed by atoms with Crippen LogP contribution in [0.5, 0.6) is 0 Å². The molecular weight excluding hydrogens is 516 g/mol. The summed E-state index contributed by atoms with van der Waals surface area (Å²) in [4.78, 5) is 30.7. The number of carbonyl (C=O) groups excluding carboxylic acids is 2. The van der Waals surface area contributed by atoms with Crippen LogP contribution in [-0.2, 0) is 9.59 Å². The smallest absolute Gasteiger partial charge is 0.252 e. The molecule has 8 heteroatoms. The number of nitrogens with zero attached hydrogens (tertiary/aromatic N) is 3. The van der Waals surface area contributed by atoms with E-state index in [1.54, 1.807) is 36.0 Å². The van der Waals surface area contributed by atoms with Crippen LogP contribution < -0.4 is 10.2 Å². The molecule has 38 heavy (non-hydrogen) atoms. The SMILES string of the molecule is O=C(CC(=O)N1N=C(N2c3ccccc3Sc3ccccc32)CC1c1ccccc1)Nc1ccc(Cl)cc1. The van der Waals surface area contributed by atoms with Crippen molar-refractivity contribution in [3.05, 3.63) is 114 Å². The molecule has 4 aromatic carbocycles. The van der Waals surface area contributed by atoms with Crippen LogP contribution in [0, 0.1) is 0 Å². The second kappa shape index (κ2) is 10.4. The Bertz CT molecular complexity index is 1500. The third-order valence-electron chi connectivity index (χ3n) is 6.46. The number of fused-ring (bicyclic) bond motifs is 2. The summed E-state index contributed by atoms with van der Waals surface area (Å²) in [6.45, 7) is 0. The first-order valence-electron chi connectivity index (χ1n) is 12.2. The van der Waals surface area contributed by atoms with Gasteiger partial charge in [0.25, 0.3) is 5.91 Å². The van der Waals surface area contributed by atoms with E-state index in [0.29, 0.717) is 17.1 Å². The third kappa shape index (κ3) is 4.78. The molecule has 0 aromatic heterocycles. The Balaban J connectivity index is 1.33. The van der Waals surface area contributed by atoms with Gasteiger partial charge in [0.05, 0.1) is 17.4 Å². The molecule has 2 aliphatic rings. The third-order valence-corrected chi connectivity index (χ3v) is 7.85. The number of hydrogen-bond donors (Lipinski definition) is 1. The number of hydrogen-bond acceptors (Lipinski definition) is 5. The van der Waals surface area contributed by atoms with Crippen molar-refractivity contribution in [3.8, 4) is 0 Å². The van der Waals surface area contributed by atoms with Gasteiger partial charge in [-0.1, -0.05) is 78.0 Å². The molecule has 1 unspecified atom stereocenters. The zero-order valence-electron chi connectivity index (χ0n) is 20.3. The molecule has 2 amide bonds. The first kappa shape index (κ1) is 24.3. The van der Waals surface area contributed by atoms with E-state index < -0.39 is 5.91 Å². The lowest BCUT2D eigenvalue weighted by Gasteiger charge is -2.32. The van der Waals surface area contributed by atoms with Crippen molar-refractivity contribution in [3.63, 3.8) is 0 Å². The number of amidine groups is 1. The quantitative estimate of drug-likeness (QED) is 0.278. The average molecular weight is 539 g/mol. The zero-order valence-corrected chi connectivity index (χ0v) is 21.8. The monoisotopic (exact) mass is 538 g/mol. The molecule has 1 atom stereocenters. The minimum Gasteiger partial charge on any atom is -0.326 e. The van der Waals surface area contributed by atoms with Crippen LogP contribution in [0.25, 0.3) is 0 Å². The molecule has 188 valence electrons. The van der Waals surface area contributed by atoms with Gasteiger partial charge >= 0.3 is 0 Å². The Morgan fingerprint density at radius 3 is 2.11 bits per heavy atom.